The zero-order valence-corrected chi connectivity index (χ0v) is 15.3. The predicted molar refractivity (Wildman–Crippen MR) is 92.6 cm³/mol. The van der Waals surface area contributed by atoms with Gasteiger partial charge in [0, 0.05) is 10.8 Å². The van der Waals surface area contributed by atoms with Gasteiger partial charge < -0.3 is 25.5 Å². The fourth-order valence-electron chi connectivity index (χ4n) is 7.25. The van der Waals surface area contributed by atoms with Crippen LogP contribution in [0, 0.1) is 22.2 Å². The number of fused-ring (bicyclic) bond motifs is 2. The van der Waals surface area contributed by atoms with E-state index < -0.39 is 29.3 Å². The molecule has 5 N–H and O–H groups in total. The van der Waals surface area contributed by atoms with Crippen LogP contribution in [0.4, 0.5) is 0 Å². The first kappa shape index (κ1) is 17.9. The Bertz CT molecular complexity index is 619. The van der Waals surface area contributed by atoms with E-state index in [4.69, 9.17) is 0 Å². The minimum Gasteiger partial charge on any atom is -0.396 e. The molecule has 0 saturated heterocycles. The number of rotatable bonds is 2. The van der Waals surface area contributed by atoms with Crippen LogP contribution in [0.3, 0.4) is 0 Å². The van der Waals surface area contributed by atoms with Crippen molar-refractivity contribution in [3.05, 3.63) is 11.6 Å². The molecule has 0 heterocycles. The lowest BCUT2D eigenvalue weighted by Gasteiger charge is -2.66. The fraction of sp³-hybridized carbons (Fsp3) is 0.900. The van der Waals surface area contributed by atoms with Crippen LogP contribution in [0.2, 0.25) is 0 Å². The first-order valence-electron chi connectivity index (χ1n) is 9.68. The maximum absolute atomic E-state index is 11.2. The Labute approximate surface area is 149 Å². The molecular weight excluding hydrogens is 320 g/mol. The van der Waals surface area contributed by atoms with E-state index in [1.54, 1.807) is 0 Å². The van der Waals surface area contributed by atoms with Gasteiger partial charge in [-0.3, -0.25) is 0 Å². The van der Waals surface area contributed by atoms with Crippen molar-refractivity contribution in [1.29, 1.82) is 0 Å². The van der Waals surface area contributed by atoms with Gasteiger partial charge in [-0.25, -0.2) is 0 Å². The summed E-state index contributed by atoms with van der Waals surface area (Å²) >= 11 is 0. The topological polar surface area (TPSA) is 101 Å². The van der Waals surface area contributed by atoms with Gasteiger partial charge in [-0.2, -0.15) is 0 Å². The molecule has 142 valence electrons. The standard InChI is InChI=1S/C20H32O5/c1-16(11-21)14-4-3-13-9-20(25)10-18(13,7-8-19(20,24)12-22)17(14,2)6-5-15(16)23/h9,14-15,21-25H,3-8,10-12H2,1-2H3. The van der Waals surface area contributed by atoms with E-state index in [9.17, 15) is 25.5 Å². The van der Waals surface area contributed by atoms with Crippen molar-refractivity contribution in [3.8, 4) is 0 Å². The summed E-state index contributed by atoms with van der Waals surface area (Å²) in [5.74, 6) is 0.175. The molecule has 2 bridgehead atoms. The predicted octanol–water partition coefficient (Wildman–Crippen LogP) is 1.12. The van der Waals surface area contributed by atoms with Gasteiger partial charge in [-0.05, 0) is 56.3 Å². The summed E-state index contributed by atoms with van der Waals surface area (Å²) in [5.41, 5.74) is -2.49. The molecule has 0 radical (unpaired) electrons. The second kappa shape index (κ2) is 5.08. The normalized spacial score (nSPS) is 57.6. The van der Waals surface area contributed by atoms with Gasteiger partial charge >= 0.3 is 0 Å². The minimum atomic E-state index is -1.47. The van der Waals surface area contributed by atoms with E-state index >= 15 is 0 Å². The Morgan fingerprint density at radius 1 is 1.04 bits per heavy atom. The van der Waals surface area contributed by atoms with E-state index in [1.165, 1.54) is 5.57 Å². The molecule has 4 aliphatic rings. The first-order valence-corrected chi connectivity index (χ1v) is 9.68. The summed E-state index contributed by atoms with van der Waals surface area (Å²) in [7, 11) is 0. The third-order valence-corrected chi connectivity index (χ3v) is 9.03. The second-order valence-electron chi connectivity index (χ2n) is 9.77. The molecular formula is C20H32O5. The van der Waals surface area contributed by atoms with E-state index in [2.05, 4.69) is 6.92 Å². The molecule has 7 atom stereocenters. The van der Waals surface area contributed by atoms with Crippen molar-refractivity contribution in [2.45, 2.75) is 76.1 Å². The summed E-state index contributed by atoms with van der Waals surface area (Å²) in [6, 6.07) is 0. The Balaban J connectivity index is 1.81. The van der Waals surface area contributed by atoms with Crippen molar-refractivity contribution in [2.75, 3.05) is 13.2 Å². The molecule has 0 aromatic heterocycles. The minimum absolute atomic E-state index is 0.0333. The molecule has 0 amide bonds. The molecule has 0 aromatic carbocycles. The van der Waals surface area contributed by atoms with Crippen molar-refractivity contribution in [3.63, 3.8) is 0 Å². The molecule has 5 heteroatoms. The van der Waals surface area contributed by atoms with Gasteiger partial charge in [-0.1, -0.05) is 25.5 Å². The quantitative estimate of drug-likeness (QED) is 0.480. The lowest BCUT2D eigenvalue weighted by Crippen LogP contribution is -2.65. The maximum Gasteiger partial charge on any atom is 0.120 e. The van der Waals surface area contributed by atoms with Gasteiger partial charge in [0.25, 0.3) is 0 Å². The van der Waals surface area contributed by atoms with Crippen LogP contribution in [-0.4, -0.2) is 56.1 Å². The molecule has 0 aliphatic heterocycles. The largest absolute Gasteiger partial charge is 0.396 e. The van der Waals surface area contributed by atoms with E-state index in [-0.39, 0.29) is 23.4 Å². The Morgan fingerprint density at radius 3 is 2.40 bits per heavy atom. The number of hydrogen-bond donors (Lipinski definition) is 5. The van der Waals surface area contributed by atoms with Gasteiger partial charge in [0.05, 0.1) is 19.3 Å². The van der Waals surface area contributed by atoms with Gasteiger partial charge in [0.1, 0.15) is 11.2 Å². The van der Waals surface area contributed by atoms with Crippen LogP contribution in [0.25, 0.3) is 0 Å². The number of aliphatic hydroxyl groups excluding tert-OH is 3. The van der Waals surface area contributed by atoms with Crippen LogP contribution in [-0.2, 0) is 0 Å². The van der Waals surface area contributed by atoms with Crippen molar-refractivity contribution >= 4 is 0 Å². The van der Waals surface area contributed by atoms with Crippen molar-refractivity contribution < 1.29 is 25.5 Å². The van der Waals surface area contributed by atoms with E-state index in [1.807, 2.05) is 13.0 Å². The molecule has 7 unspecified atom stereocenters. The maximum atomic E-state index is 11.2. The lowest BCUT2D eigenvalue weighted by atomic mass is 9.39. The van der Waals surface area contributed by atoms with Crippen LogP contribution in [0.1, 0.15) is 58.8 Å². The molecule has 5 nitrogen and oxygen atoms in total. The highest BCUT2D eigenvalue weighted by molar-refractivity contribution is 5.40. The monoisotopic (exact) mass is 352 g/mol. The Kier molecular flexibility index (Phi) is 3.64. The average molecular weight is 352 g/mol. The molecule has 3 fully saturated rings. The van der Waals surface area contributed by atoms with Crippen LogP contribution >= 0.6 is 0 Å². The van der Waals surface area contributed by atoms with E-state index in [0.29, 0.717) is 19.3 Å². The van der Waals surface area contributed by atoms with E-state index in [0.717, 1.165) is 25.7 Å². The third kappa shape index (κ3) is 1.86. The highest BCUT2D eigenvalue weighted by Crippen LogP contribution is 2.74. The second-order valence-corrected chi connectivity index (χ2v) is 9.77. The smallest absolute Gasteiger partial charge is 0.120 e. The molecule has 3 saturated carbocycles. The highest BCUT2D eigenvalue weighted by Gasteiger charge is 2.71. The Hall–Kier alpha value is -0.460. The fourth-order valence-corrected chi connectivity index (χ4v) is 7.25. The summed E-state index contributed by atoms with van der Waals surface area (Å²) in [6.45, 7) is 3.80. The molecule has 25 heavy (non-hydrogen) atoms. The lowest BCUT2D eigenvalue weighted by molar-refractivity contribution is -0.225. The van der Waals surface area contributed by atoms with Crippen molar-refractivity contribution in [1.82, 2.24) is 0 Å². The summed E-state index contributed by atoms with van der Waals surface area (Å²) in [4.78, 5) is 0. The van der Waals surface area contributed by atoms with Crippen LogP contribution in [0.5, 0.6) is 0 Å². The molecule has 4 rings (SSSR count). The van der Waals surface area contributed by atoms with Crippen molar-refractivity contribution in [2.24, 2.45) is 22.2 Å². The number of hydrogen-bond acceptors (Lipinski definition) is 5. The average Bonchev–Trinajstić information content (AvgIpc) is 2.87. The SMILES string of the molecule is CC1(CO)C(O)CCC2(C)C1CCC1=CC3(O)CC12CCC3(O)CO. The number of aliphatic hydroxyl groups is 5. The molecule has 0 aromatic rings. The number of allylic oxidation sites excluding steroid dienone is 1. The zero-order chi connectivity index (χ0) is 18.3. The Morgan fingerprint density at radius 2 is 1.76 bits per heavy atom. The molecule has 1 spiro atoms. The highest BCUT2D eigenvalue weighted by atomic mass is 16.4. The molecule has 4 aliphatic carbocycles. The third-order valence-electron chi connectivity index (χ3n) is 9.03. The van der Waals surface area contributed by atoms with Gasteiger partial charge in [-0.15, -0.1) is 0 Å². The first-order chi connectivity index (χ1) is 11.6. The van der Waals surface area contributed by atoms with Gasteiger partial charge in [0.15, 0.2) is 0 Å². The summed E-state index contributed by atoms with van der Waals surface area (Å²) < 4.78 is 0. The zero-order valence-electron chi connectivity index (χ0n) is 15.3. The summed E-state index contributed by atoms with van der Waals surface area (Å²) in [6.07, 6.45) is 6.12. The van der Waals surface area contributed by atoms with Gasteiger partial charge in [0.2, 0.25) is 0 Å². The van der Waals surface area contributed by atoms with Crippen LogP contribution in [0.15, 0.2) is 11.6 Å². The summed E-state index contributed by atoms with van der Waals surface area (Å²) in [5, 5.41) is 52.5. The van der Waals surface area contributed by atoms with Crippen LogP contribution < -0.4 is 0 Å².